The van der Waals surface area contributed by atoms with Gasteiger partial charge in [-0.3, -0.25) is 4.90 Å². The third-order valence-electron chi connectivity index (χ3n) is 3.51. The van der Waals surface area contributed by atoms with Gasteiger partial charge >= 0.3 is 0 Å². The van der Waals surface area contributed by atoms with Crippen LogP contribution in [0.4, 0.5) is 0 Å². The number of likely N-dealkylation sites (N-methyl/N-ethyl adjacent to an activating group) is 1. The maximum absolute atomic E-state index is 11.8. The Kier molecular flexibility index (Phi) is 5.89. The molecule has 0 aromatic carbocycles. The van der Waals surface area contributed by atoms with E-state index in [1.165, 1.54) is 12.8 Å². The zero-order chi connectivity index (χ0) is 12.9. The molecule has 0 saturated carbocycles. The van der Waals surface area contributed by atoms with E-state index < -0.39 is 9.84 Å². The number of nitrogens with one attached hydrogen (secondary N) is 1. The van der Waals surface area contributed by atoms with E-state index in [1.807, 2.05) is 0 Å². The molecule has 4 nitrogen and oxygen atoms in total. The van der Waals surface area contributed by atoms with Crippen LogP contribution in [0, 0.1) is 0 Å². The Bertz CT molecular complexity index is 314. The maximum atomic E-state index is 11.8. The van der Waals surface area contributed by atoms with Crippen molar-refractivity contribution in [1.29, 1.82) is 0 Å². The van der Waals surface area contributed by atoms with Crippen LogP contribution in [0.5, 0.6) is 0 Å². The quantitative estimate of drug-likeness (QED) is 0.740. The molecule has 0 aromatic rings. The number of hydrogen-bond donors (Lipinski definition) is 1. The van der Waals surface area contributed by atoms with Crippen molar-refractivity contribution >= 4 is 9.84 Å². The Labute approximate surface area is 106 Å². The van der Waals surface area contributed by atoms with E-state index in [9.17, 15) is 8.42 Å². The predicted molar refractivity (Wildman–Crippen MR) is 72.1 cm³/mol. The topological polar surface area (TPSA) is 49.4 Å². The summed E-state index contributed by atoms with van der Waals surface area (Å²) in [6.07, 6.45) is 2.38. The summed E-state index contributed by atoms with van der Waals surface area (Å²) < 4.78 is 23.5. The van der Waals surface area contributed by atoms with Gasteiger partial charge in [-0.15, -0.1) is 0 Å². The van der Waals surface area contributed by atoms with Crippen LogP contribution in [-0.4, -0.2) is 56.5 Å². The van der Waals surface area contributed by atoms with E-state index in [0.29, 0.717) is 18.3 Å². The van der Waals surface area contributed by atoms with Gasteiger partial charge < -0.3 is 5.32 Å². The fraction of sp³-hybridized carbons (Fsp3) is 1.00. The molecular weight excluding hydrogens is 236 g/mol. The van der Waals surface area contributed by atoms with Crippen molar-refractivity contribution in [2.24, 2.45) is 0 Å². The molecule has 1 rings (SSSR count). The van der Waals surface area contributed by atoms with Crippen molar-refractivity contribution in [3.05, 3.63) is 0 Å². The Morgan fingerprint density at radius 1 is 1.41 bits per heavy atom. The van der Waals surface area contributed by atoms with Crippen LogP contribution >= 0.6 is 0 Å². The second-order valence-electron chi connectivity index (χ2n) is 5.06. The molecule has 1 saturated heterocycles. The highest BCUT2D eigenvalue weighted by Crippen LogP contribution is 2.16. The van der Waals surface area contributed by atoms with Gasteiger partial charge in [0.05, 0.1) is 11.0 Å². The van der Waals surface area contributed by atoms with Crippen LogP contribution in [0.15, 0.2) is 0 Å². The molecule has 1 atom stereocenters. The van der Waals surface area contributed by atoms with Crippen LogP contribution in [-0.2, 0) is 9.84 Å². The van der Waals surface area contributed by atoms with Crippen LogP contribution < -0.4 is 5.32 Å². The summed E-state index contributed by atoms with van der Waals surface area (Å²) in [7, 11) is -2.89. The fourth-order valence-electron chi connectivity index (χ4n) is 2.21. The SMILES string of the molecule is CCNCC1CCCN1CCS(=O)(=O)C(C)C. The van der Waals surface area contributed by atoms with Gasteiger partial charge in [-0.25, -0.2) is 8.42 Å². The number of hydrogen-bond acceptors (Lipinski definition) is 4. The molecule has 1 aliphatic heterocycles. The van der Waals surface area contributed by atoms with E-state index in [-0.39, 0.29) is 5.25 Å². The molecule has 102 valence electrons. The number of likely N-dealkylation sites (tertiary alicyclic amines) is 1. The van der Waals surface area contributed by atoms with Gasteiger partial charge in [0.1, 0.15) is 0 Å². The Morgan fingerprint density at radius 2 is 2.12 bits per heavy atom. The summed E-state index contributed by atoms with van der Waals surface area (Å²) in [4.78, 5) is 2.32. The molecular formula is C12H26N2O2S. The van der Waals surface area contributed by atoms with Gasteiger partial charge in [0, 0.05) is 19.1 Å². The van der Waals surface area contributed by atoms with Gasteiger partial charge in [0.2, 0.25) is 0 Å². The normalized spacial score (nSPS) is 22.5. The Hall–Kier alpha value is -0.130. The van der Waals surface area contributed by atoms with Gasteiger partial charge in [-0.05, 0) is 39.8 Å². The van der Waals surface area contributed by atoms with Crippen molar-refractivity contribution < 1.29 is 8.42 Å². The maximum Gasteiger partial charge on any atom is 0.153 e. The number of sulfone groups is 1. The van der Waals surface area contributed by atoms with Crippen molar-refractivity contribution in [2.75, 3.05) is 31.9 Å². The lowest BCUT2D eigenvalue weighted by molar-refractivity contribution is 0.262. The first-order valence-corrected chi connectivity index (χ1v) is 8.35. The highest BCUT2D eigenvalue weighted by atomic mass is 32.2. The Morgan fingerprint density at radius 3 is 2.71 bits per heavy atom. The second-order valence-corrected chi connectivity index (χ2v) is 7.73. The first-order chi connectivity index (χ1) is 7.97. The average Bonchev–Trinajstić information content (AvgIpc) is 2.71. The minimum Gasteiger partial charge on any atom is -0.315 e. The van der Waals surface area contributed by atoms with Gasteiger partial charge in [-0.1, -0.05) is 6.92 Å². The zero-order valence-corrected chi connectivity index (χ0v) is 12.1. The van der Waals surface area contributed by atoms with Crippen molar-refractivity contribution in [3.8, 4) is 0 Å². The van der Waals surface area contributed by atoms with E-state index in [0.717, 1.165) is 19.6 Å². The average molecular weight is 262 g/mol. The lowest BCUT2D eigenvalue weighted by atomic mass is 10.2. The standard InChI is InChI=1S/C12H26N2O2S/c1-4-13-10-12-6-5-7-14(12)8-9-17(15,16)11(2)3/h11-13H,4-10H2,1-3H3. The zero-order valence-electron chi connectivity index (χ0n) is 11.3. The highest BCUT2D eigenvalue weighted by Gasteiger charge is 2.26. The molecule has 1 N–H and O–H groups in total. The minimum atomic E-state index is -2.89. The predicted octanol–water partition coefficient (Wildman–Crippen LogP) is 0.884. The monoisotopic (exact) mass is 262 g/mol. The number of nitrogens with zero attached hydrogens (tertiary/aromatic N) is 1. The van der Waals surface area contributed by atoms with E-state index >= 15 is 0 Å². The second kappa shape index (κ2) is 6.71. The van der Waals surface area contributed by atoms with Gasteiger partial charge in [0.25, 0.3) is 0 Å². The fourth-order valence-corrected chi connectivity index (χ4v) is 3.17. The molecule has 0 radical (unpaired) electrons. The van der Waals surface area contributed by atoms with Crippen molar-refractivity contribution in [3.63, 3.8) is 0 Å². The van der Waals surface area contributed by atoms with Gasteiger partial charge in [0.15, 0.2) is 9.84 Å². The molecule has 0 aromatic heterocycles. The summed E-state index contributed by atoms with van der Waals surface area (Å²) in [5, 5.41) is 3.10. The Balaban J connectivity index is 2.40. The molecule has 5 heteroatoms. The third-order valence-corrected chi connectivity index (χ3v) is 5.70. The van der Waals surface area contributed by atoms with Crippen molar-refractivity contribution in [1.82, 2.24) is 10.2 Å². The van der Waals surface area contributed by atoms with Crippen LogP contribution in [0.1, 0.15) is 33.6 Å². The van der Waals surface area contributed by atoms with Crippen LogP contribution in [0.3, 0.4) is 0 Å². The largest absolute Gasteiger partial charge is 0.315 e. The first-order valence-electron chi connectivity index (χ1n) is 6.63. The highest BCUT2D eigenvalue weighted by molar-refractivity contribution is 7.92. The summed E-state index contributed by atoms with van der Waals surface area (Å²) in [5.74, 6) is 0.299. The molecule has 1 unspecified atom stereocenters. The summed E-state index contributed by atoms with van der Waals surface area (Å²) in [6, 6.07) is 0.525. The first kappa shape index (κ1) is 14.9. The lowest BCUT2D eigenvalue weighted by Gasteiger charge is -2.24. The molecule has 1 heterocycles. The molecule has 0 amide bonds. The summed E-state index contributed by atoms with van der Waals surface area (Å²) in [5.41, 5.74) is 0. The smallest absolute Gasteiger partial charge is 0.153 e. The van der Waals surface area contributed by atoms with E-state index in [4.69, 9.17) is 0 Å². The molecule has 1 aliphatic rings. The third kappa shape index (κ3) is 4.56. The molecule has 0 bridgehead atoms. The van der Waals surface area contributed by atoms with E-state index in [2.05, 4.69) is 17.1 Å². The molecule has 17 heavy (non-hydrogen) atoms. The minimum absolute atomic E-state index is 0.252. The van der Waals surface area contributed by atoms with Crippen LogP contribution in [0.2, 0.25) is 0 Å². The van der Waals surface area contributed by atoms with Crippen molar-refractivity contribution in [2.45, 2.75) is 44.9 Å². The summed E-state index contributed by atoms with van der Waals surface area (Å²) in [6.45, 7) is 9.32. The molecule has 0 spiro atoms. The molecule has 1 fully saturated rings. The summed E-state index contributed by atoms with van der Waals surface area (Å²) >= 11 is 0. The van der Waals surface area contributed by atoms with Crippen LogP contribution in [0.25, 0.3) is 0 Å². The lowest BCUT2D eigenvalue weighted by Crippen LogP contribution is -2.40. The van der Waals surface area contributed by atoms with Gasteiger partial charge in [-0.2, -0.15) is 0 Å². The molecule has 0 aliphatic carbocycles. The number of rotatable bonds is 7. The van der Waals surface area contributed by atoms with E-state index in [1.54, 1.807) is 13.8 Å².